The van der Waals surface area contributed by atoms with Crippen LogP contribution in [0.2, 0.25) is 5.28 Å². The normalized spacial score (nSPS) is 12.7. The van der Waals surface area contributed by atoms with Crippen molar-refractivity contribution in [3.05, 3.63) is 47.5 Å². The molecule has 0 N–H and O–H groups in total. The van der Waals surface area contributed by atoms with E-state index in [4.69, 9.17) is 11.6 Å². The number of benzene rings is 1. The summed E-state index contributed by atoms with van der Waals surface area (Å²) in [7, 11) is 0. The molecule has 3 nitrogen and oxygen atoms in total. The molecule has 0 saturated heterocycles. The summed E-state index contributed by atoms with van der Waals surface area (Å²) >= 11 is 5.89. The third-order valence-corrected chi connectivity index (χ3v) is 2.65. The molecule has 0 amide bonds. The highest BCUT2D eigenvalue weighted by atomic mass is 35.5. The van der Waals surface area contributed by atoms with Gasteiger partial charge in [-0.05, 0) is 30.5 Å². The van der Waals surface area contributed by atoms with Crippen molar-refractivity contribution in [2.45, 2.75) is 19.4 Å². The van der Waals surface area contributed by atoms with Gasteiger partial charge in [-0.25, -0.2) is 0 Å². The minimum atomic E-state index is 0.273. The van der Waals surface area contributed by atoms with E-state index in [1.54, 1.807) is 6.33 Å². The molecular formula is C11H12ClN3. The molecule has 1 heterocycles. The molecule has 0 fully saturated rings. The van der Waals surface area contributed by atoms with Gasteiger partial charge in [-0.1, -0.05) is 30.3 Å². The number of hydrogen-bond donors (Lipinski definition) is 0. The van der Waals surface area contributed by atoms with Gasteiger partial charge in [0.2, 0.25) is 5.28 Å². The van der Waals surface area contributed by atoms with Crippen molar-refractivity contribution in [1.82, 2.24) is 14.8 Å². The molecule has 78 valence electrons. The smallest absolute Gasteiger partial charge is 0.225 e. The molecule has 1 unspecified atom stereocenters. The van der Waals surface area contributed by atoms with Crippen molar-refractivity contribution in [2.75, 3.05) is 0 Å². The Balaban J connectivity index is 2.11. The van der Waals surface area contributed by atoms with Crippen LogP contribution in [0.4, 0.5) is 0 Å². The Morgan fingerprint density at radius 3 is 2.67 bits per heavy atom. The van der Waals surface area contributed by atoms with E-state index < -0.39 is 0 Å². The molecule has 0 spiro atoms. The summed E-state index contributed by atoms with van der Waals surface area (Å²) in [5.74, 6) is 0. The summed E-state index contributed by atoms with van der Waals surface area (Å²) < 4.78 is 1.87. The summed E-state index contributed by atoms with van der Waals surface area (Å²) in [5.41, 5.74) is 1.29. The molecule has 0 bridgehead atoms. The van der Waals surface area contributed by atoms with Crippen LogP contribution in [0.1, 0.15) is 18.5 Å². The van der Waals surface area contributed by atoms with Crippen LogP contribution in [0.25, 0.3) is 0 Å². The first kappa shape index (κ1) is 10.2. The van der Waals surface area contributed by atoms with Gasteiger partial charge < -0.3 is 4.57 Å². The molecule has 0 aliphatic carbocycles. The maximum Gasteiger partial charge on any atom is 0.225 e. The number of hydrogen-bond acceptors (Lipinski definition) is 2. The van der Waals surface area contributed by atoms with E-state index in [9.17, 15) is 0 Å². The van der Waals surface area contributed by atoms with Crippen LogP contribution in [0, 0.1) is 0 Å². The van der Waals surface area contributed by atoms with Crippen LogP contribution in [-0.2, 0) is 6.42 Å². The predicted octanol–water partition coefficient (Wildman–Crippen LogP) is 2.74. The Morgan fingerprint density at radius 1 is 1.33 bits per heavy atom. The van der Waals surface area contributed by atoms with Crippen LogP contribution in [0.15, 0.2) is 36.7 Å². The van der Waals surface area contributed by atoms with Gasteiger partial charge >= 0.3 is 0 Å². The van der Waals surface area contributed by atoms with E-state index in [0.717, 1.165) is 6.42 Å². The van der Waals surface area contributed by atoms with E-state index >= 15 is 0 Å². The summed E-state index contributed by atoms with van der Waals surface area (Å²) in [6.45, 7) is 2.10. The van der Waals surface area contributed by atoms with Crippen LogP contribution in [0.5, 0.6) is 0 Å². The average molecular weight is 222 g/mol. The molecule has 4 heteroatoms. The molecule has 2 aromatic rings. The number of halogens is 1. The zero-order chi connectivity index (χ0) is 10.7. The van der Waals surface area contributed by atoms with E-state index in [-0.39, 0.29) is 6.04 Å². The summed E-state index contributed by atoms with van der Waals surface area (Å²) in [6, 6.07) is 10.6. The maximum atomic E-state index is 5.89. The first-order valence-electron chi connectivity index (χ1n) is 4.86. The van der Waals surface area contributed by atoms with Crippen LogP contribution in [-0.4, -0.2) is 14.8 Å². The standard InChI is InChI=1S/C11H12ClN3/c1-9(15-8-13-14-11(15)12)7-10-5-3-2-4-6-10/h2-6,8-9H,7H2,1H3. The fourth-order valence-electron chi connectivity index (χ4n) is 1.58. The lowest BCUT2D eigenvalue weighted by Crippen LogP contribution is -2.07. The lowest BCUT2D eigenvalue weighted by atomic mass is 10.1. The van der Waals surface area contributed by atoms with Crippen molar-refractivity contribution in [2.24, 2.45) is 0 Å². The van der Waals surface area contributed by atoms with Gasteiger partial charge in [0, 0.05) is 6.04 Å². The largest absolute Gasteiger partial charge is 0.301 e. The van der Waals surface area contributed by atoms with Gasteiger partial charge in [-0.2, -0.15) is 0 Å². The SMILES string of the molecule is CC(Cc1ccccc1)n1cnnc1Cl. The molecule has 0 radical (unpaired) electrons. The third kappa shape index (κ3) is 2.36. The van der Waals surface area contributed by atoms with E-state index in [0.29, 0.717) is 5.28 Å². The fourth-order valence-corrected chi connectivity index (χ4v) is 1.83. The molecule has 15 heavy (non-hydrogen) atoms. The Labute approximate surface area is 93.7 Å². The highest BCUT2D eigenvalue weighted by molar-refractivity contribution is 6.28. The predicted molar refractivity (Wildman–Crippen MR) is 59.9 cm³/mol. The average Bonchev–Trinajstić information content (AvgIpc) is 2.66. The number of aromatic nitrogens is 3. The van der Waals surface area contributed by atoms with Crippen LogP contribution >= 0.6 is 11.6 Å². The lowest BCUT2D eigenvalue weighted by Gasteiger charge is -2.12. The first-order chi connectivity index (χ1) is 7.27. The van der Waals surface area contributed by atoms with E-state index in [1.165, 1.54) is 5.56 Å². The Bertz CT molecular complexity index is 424. The monoisotopic (exact) mass is 221 g/mol. The first-order valence-corrected chi connectivity index (χ1v) is 5.24. The minimum Gasteiger partial charge on any atom is -0.301 e. The summed E-state index contributed by atoms with van der Waals surface area (Å²) in [6.07, 6.45) is 2.59. The van der Waals surface area contributed by atoms with Crippen molar-refractivity contribution < 1.29 is 0 Å². The topological polar surface area (TPSA) is 30.7 Å². The van der Waals surface area contributed by atoms with Crippen molar-refractivity contribution in [3.8, 4) is 0 Å². The second-order valence-electron chi connectivity index (χ2n) is 3.55. The minimum absolute atomic E-state index is 0.273. The van der Waals surface area contributed by atoms with Gasteiger partial charge in [-0.15, -0.1) is 10.2 Å². The second kappa shape index (κ2) is 4.45. The Hall–Kier alpha value is -1.35. The van der Waals surface area contributed by atoms with Gasteiger partial charge in [0.05, 0.1) is 0 Å². The maximum absolute atomic E-state index is 5.89. The van der Waals surface area contributed by atoms with Crippen molar-refractivity contribution >= 4 is 11.6 Å². The lowest BCUT2D eigenvalue weighted by molar-refractivity contribution is 0.543. The van der Waals surface area contributed by atoms with E-state index in [2.05, 4.69) is 29.3 Å². The second-order valence-corrected chi connectivity index (χ2v) is 3.88. The summed E-state index contributed by atoms with van der Waals surface area (Å²) in [5, 5.41) is 7.97. The zero-order valence-electron chi connectivity index (χ0n) is 8.47. The highest BCUT2D eigenvalue weighted by Crippen LogP contribution is 2.16. The Kier molecular flexibility index (Phi) is 3.02. The molecule has 0 saturated carbocycles. The van der Waals surface area contributed by atoms with Crippen molar-refractivity contribution in [1.29, 1.82) is 0 Å². The van der Waals surface area contributed by atoms with Gasteiger partial charge in [-0.3, -0.25) is 0 Å². The van der Waals surface area contributed by atoms with Gasteiger partial charge in [0.15, 0.2) is 0 Å². The molecule has 0 aliphatic rings. The van der Waals surface area contributed by atoms with Crippen LogP contribution < -0.4 is 0 Å². The zero-order valence-corrected chi connectivity index (χ0v) is 9.22. The molecule has 1 atom stereocenters. The third-order valence-electron chi connectivity index (χ3n) is 2.38. The fraction of sp³-hybridized carbons (Fsp3) is 0.273. The molecule has 1 aromatic heterocycles. The molecule has 0 aliphatic heterocycles. The molecule has 2 rings (SSSR count). The summed E-state index contributed by atoms with van der Waals surface area (Å²) in [4.78, 5) is 0. The van der Waals surface area contributed by atoms with Gasteiger partial charge in [0.25, 0.3) is 0 Å². The van der Waals surface area contributed by atoms with Crippen LogP contribution in [0.3, 0.4) is 0 Å². The quantitative estimate of drug-likeness (QED) is 0.798. The number of nitrogens with zero attached hydrogens (tertiary/aromatic N) is 3. The molecular weight excluding hydrogens is 210 g/mol. The highest BCUT2D eigenvalue weighted by Gasteiger charge is 2.09. The molecule has 1 aromatic carbocycles. The number of rotatable bonds is 3. The van der Waals surface area contributed by atoms with Gasteiger partial charge in [0.1, 0.15) is 6.33 Å². The Morgan fingerprint density at radius 2 is 2.07 bits per heavy atom. The van der Waals surface area contributed by atoms with E-state index in [1.807, 2.05) is 22.8 Å². The van der Waals surface area contributed by atoms with Crippen molar-refractivity contribution in [3.63, 3.8) is 0 Å².